The van der Waals surface area contributed by atoms with E-state index in [9.17, 15) is 10.2 Å². The van der Waals surface area contributed by atoms with Crippen molar-refractivity contribution in [2.75, 3.05) is 6.61 Å². The summed E-state index contributed by atoms with van der Waals surface area (Å²) in [7, 11) is 0. The lowest BCUT2D eigenvalue weighted by atomic mass is 9.61. The van der Waals surface area contributed by atoms with Gasteiger partial charge in [0.15, 0.2) is 0 Å². The predicted octanol–water partition coefficient (Wildman–Crippen LogP) is 5.05. The number of hydrogen-bond acceptors (Lipinski definition) is 2. The second-order valence-electron chi connectivity index (χ2n) is 8.17. The highest BCUT2D eigenvalue weighted by Crippen LogP contribution is 2.60. The normalized spacial score (nSPS) is 36.5. The summed E-state index contributed by atoms with van der Waals surface area (Å²) in [6.07, 6.45) is 6.80. The molecule has 0 heterocycles. The number of allylic oxidation sites excluding steroid dienone is 1. The lowest BCUT2D eigenvalue weighted by molar-refractivity contribution is 0.0486. The zero-order valence-electron chi connectivity index (χ0n) is 14.9. The van der Waals surface area contributed by atoms with Crippen molar-refractivity contribution in [1.29, 1.82) is 0 Å². The molecule has 6 atom stereocenters. The Hall–Kier alpha value is -0.120. The number of halogens is 1. The first-order chi connectivity index (χ1) is 10.8. The molecule has 2 saturated carbocycles. The van der Waals surface area contributed by atoms with E-state index in [4.69, 9.17) is 0 Å². The third kappa shape index (κ3) is 3.77. The highest BCUT2D eigenvalue weighted by atomic mass is 79.9. The van der Waals surface area contributed by atoms with Crippen molar-refractivity contribution in [1.82, 2.24) is 0 Å². The van der Waals surface area contributed by atoms with Crippen LogP contribution in [0, 0.1) is 29.1 Å². The quantitative estimate of drug-likeness (QED) is 0.628. The van der Waals surface area contributed by atoms with Gasteiger partial charge in [0.25, 0.3) is 0 Å². The van der Waals surface area contributed by atoms with Crippen LogP contribution in [0.15, 0.2) is 22.7 Å². The molecule has 0 aliphatic heterocycles. The highest BCUT2D eigenvalue weighted by molar-refractivity contribution is 9.11. The third-order valence-corrected chi connectivity index (χ3v) is 7.49. The van der Waals surface area contributed by atoms with E-state index in [1.54, 1.807) is 5.57 Å². The van der Waals surface area contributed by atoms with E-state index >= 15 is 0 Å². The molecule has 0 aromatic heterocycles. The van der Waals surface area contributed by atoms with Crippen molar-refractivity contribution in [2.24, 2.45) is 29.1 Å². The average Bonchev–Trinajstić information content (AvgIpc) is 2.90. The minimum Gasteiger partial charge on any atom is -0.393 e. The first kappa shape index (κ1) is 19.2. The van der Waals surface area contributed by atoms with Crippen molar-refractivity contribution in [3.8, 4) is 0 Å². The fourth-order valence-corrected chi connectivity index (χ4v) is 5.86. The second-order valence-corrected chi connectivity index (χ2v) is 8.62. The standard InChI is InChI=1S/C20H33BrO2/c1-13(10-19(23)15(3)14(2)12-22)17-7-8-18-16(11-21)6-5-9-20(17,18)4/h11,13,15,17-19,22-23H,2,5-10,12H2,1,3-4H3/b16-11+/t13-,15+,17-,18?,19+,20-/m1/s1. The summed E-state index contributed by atoms with van der Waals surface area (Å²) in [5.41, 5.74) is 2.72. The molecule has 132 valence electrons. The van der Waals surface area contributed by atoms with Gasteiger partial charge in [0.2, 0.25) is 0 Å². The van der Waals surface area contributed by atoms with E-state index in [0.717, 1.165) is 12.0 Å². The van der Waals surface area contributed by atoms with Gasteiger partial charge in [0.05, 0.1) is 12.7 Å². The molecule has 1 unspecified atom stereocenters. The molecule has 0 bridgehead atoms. The zero-order chi connectivity index (χ0) is 17.2. The molecule has 2 fully saturated rings. The Bertz CT molecular complexity index is 459. The second kappa shape index (κ2) is 7.84. The molecule has 2 nitrogen and oxygen atoms in total. The first-order valence-corrected chi connectivity index (χ1v) is 10.0. The van der Waals surface area contributed by atoms with Gasteiger partial charge in [-0.1, -0.05) is 48.9 Å². The minimum absolute atomic E-state index is 0.0307. The van der Waals surface area contributed by atoms with E-state index in [2.05, 4.69) is 41.3 Å². The van der Waals surface area contributed by atoms with Crippen LogP contribution in [0.1, 0.15) is 59.3 Å². The molecule has 0 aromatic rings. The van der Waals surface area contributed by atoms with Gasteiger partial charge in [-0.15, -0.1) is 0 Å². The smallest absolute Gasteiger partial charge is 0.0642 e. The Morgan fingerprint density at radius 1 is 1.43 bits per heavy atom. The predicted molar refractivity (Wildman–Crippen MR) is 100 cm³/mol. The van der Waals surface area contributed by atoms with Gasteiger partial charge in [-0.05, 0) is 72.3 Å². The van der Waals surface area contributed by atoms with Crippen LogP contribution in [0.25, 0.3) is 0 Å². The monoisotopic (exact) mass is 384 g/mol. The van der Waals surface area contributed by atoms with Crippen molar-refractivity contribution in [3.05, 3.63) is 22.7 Å². The SMILES string of the molecule is C=C(CO)[C@H](C)[C@@H](O)C[C@@H](C)[C@H]1CCC2/C(=C/Br)CCC[C@@]21C. The summed E-state index contributed by atoms with van der Waals surface area (Å²) in [5, 5.41) is 19.8. The topological polar surface area (TPSA) is 40.5 Å². The van der Waals surface area contributed by atoms with Crippen LogP contribution in [0.4, 0.5) is 0 Å². The van der Waals surface area contributed by atoms with Crippen LogP contribution in [-0.4, -0.2) is 22.9 Å². The maximum Gasteiger partial charge on any atom is 0.0642 e. The highest BCUT2D eigenvalue weighted by Gasteiger charge is 2.50. The summed E-state index contributed by atoms with van der Waals surface area (Å²) >= 11 is 3.58. The maximum atomic E-state index is 10.5. The van der Waals surface area contributed by atoms with Gasteiger partial charge in [0.1, 0.15) is 0 Å². The Balaban J connectivity index is 2.05. The Labute approximate surface area is 150 Å². The van der Waals surface area contributed by atoms with Gasteiger partial charge in [-0.3, -0.25) is 0 Å². The number of fused-ring (bicyclic) bond motifs is 1. The van der Waals surface area contributed by atoms with E-state index in [1.165, 1.54) is 32.1 Å². The molecule has 23 heavy (non-hydrogen) atoms. The molecule has 0 spiro atoms. The molecule has 0 saturated heterocycles. The Morgan fingerprint density at radius 2 is 2.13 bits per heavy atom. The van der Waals surface area contributed by atoms with Gasteiger partial charge in [0, 0.05) is 5.92 Å². The summed E-state index contributed by atoms with van der Waals surface area (Å²) < 4.78 is 0. The van der Waals surface area contributed by atoms with Crippen molar-refractivity contribution in [3.63, 3.8) is 0 Å². The van der Waals surface area contributed by atoms with E-state index < -0.39 is 6.10 Å². The molecule has 3 heteroatoms. The average molecular weight is 385 g/mol. The fourth-order valence-electron chi connectivity index (χ4n) is 5.31. The maximum absolute atomic E-state index is 10.5. The zero-order valence-corrected chi connectivity index (χ0v) is 16.5. The lowest BCUT2D eigenvalue weighted by Gasteiger charge is -2.44. The van der Waals surface area contributed by atoms with Crippen LogP contribution in [0.2, 0.25) is 0 Å². The van der Waals surface area contributed by atoms with Crippen LogP contribution >= 0.6 is 15.9 Å². The molecule has 0 radical (unpaired) electrons. The number of rotatable bonds is 6. The number of hydrogen-bond donors (Lipinski definition) is 2. The third-order valence-electron chi connectivity index (χ3n) is 6.90. The van der Waals surface area contributed by atoms with Crippen molar-refractivity contribution >= 4 is 15.9 Å². The van der Waals surface area contributed by atoms with Crippen molar-refractivity contribution < 1.29 is 10.2 Å². The van der Waals surface area contributed by atoms with Gasteiger partial charge >= 0.3 is 0 Å². The molecular formula is C20H33BrO2. The summed E-state index contributed by atoms with van der Waals surface area (Å²) in [6.45, 7) is 10.6. The van der Waals surface area contributed by atoms with Gasteiger partial charge in [-0.25, -0.2) is 0 Å². The van der Waals surface area contributed by atoms with Crippen LogP contribution in [0.5, 0.6) is 0 Å². The molecule has 2 rings (SSSR count). The molecule has 2 N–H and O–H groups in total. The van der Waals surface area contributed by atoms with Crippen LogP contribution < -0.4 is 0 Å². The molecular weight excluding hydrogens is 352 g/mol. The van der Waals surface area contributed by atoms with Crippen LogP contribution in [-0.2, 0) is 0 Å². The summed E-state index contributed by atoms with van der Waals surface area (Å²) in [5.74, 6) is 1.87. The molecule has 2 aliphatic carbocycles. The number of aliphatic hydroxyl groups excluding tert-OH is 2. The van der Waals surface area contributed by atoms with Crippen molar-refractivity contribution in [2.45, 2.75) is 65.4 Å². The van der Waals surface area contributed by atoms with E-state index in [-0.39, 0.29) is 12.5 Å². The van der Waals surface area contributed by atoms with Crippen LogP contribution in [0.3, 0.4) is 0 Å². The lowest BCUT2D eigenvalue weighted by Crippen LogP contribution is -2.37. The largest absolute Gasteiger partial charge is 0.393 e. The van der Waals surface area contributed by atoms with Gasteiger partial charge < -0.3 is 10.2 Å². The Morgan fingerprint density at radius 3 is 2.74 bits per heavy atom. The molecule has 2 aliphatic rings. The molecule has 0 amide bonds. The van der Waals surface area contributed by atoms with E-state index in [1.807, 2.05) is 6.92 Å². The molecule has 0 aromatic carbocycles. The summed E-state index contributed by atoms with van der Waals surface area (Å²) in [6, 6.07) is 0. The fraction of sp³-hybridized carbons (Fsp3) is 0.800. The summed E-state index contributed by atoms with van der Waals surface area (Å²) in [4.78, 5) is 2.17. The number of aliphatic hydroxyl groups is 2. The van der Waals surface area contributed by atoms with Gasteiger partial charge in [-0.2, -0.15) is 0 Å². The van der Waals surface area contributed by atoms with E-state index in [0.29, 0.717) is 23.2 Å². The minimum atomic E-state index is -0.401. The first-order valence-electron chi connectivity index (χ1n) is 9.10. The Kier molecular flexibility index (Phi) is 6.55.